The summed E-state index contributed by atoms with van der Waals surface area (Å²) < 4.78 is 25.0. The van der Waals surface area contributed by atoms with Crippen LogP contribution in [0, 0.1) is 0 Å². The SMILES string of the molecule is CC[N+](CC)(CC)OCCOS(=O)[O-]. The maximum Gasteiger partial charge on any atom is 0.131 e. The number of hydroxylamine groups is 3. The largest absolute Gasteiger partial charge is 0.750 e. The van der Waals surface area contributed by atoms with Crippen molar-refractivity contribution in [1.82, 2.24) is 0 Å². The van der Waals surface area contributed by atoms with Crippen LogP contribution < -0.4 is 0 Å². The van der Waals surface area contributed by atoms with Gasteiger partial charge in [0.05, 0.1) is 18.0 Å². The van der Waals surface area contributed by atoms with Crippen LogP contribution in [0.3, 0.4) is 0 Å². The van der Waals surface area contributed by atoms with E-state index in [1.165, 1.54) is 0 Å². The van der Waals surface area contributed by atoms with Gasteiger partial charge in [-0.3, -0.25) is 4.18 Å². The van der Waals surface area contributed by atoms with E-state index in [1.54, 1.807) is 0 Å². The lowest BCUT2D eigenvalue weighted by molar-refractivity contribution is -1.10. The average Bonchev–Trinajstić information content (AvgIpc) is 2.19. The number of hydrogen-bond acceptors (Lipinski definition) is 4. The molecule has 6 heteroatoms. The first kappa shape index (κ1) is 14.0. The van der Waals surface area contributed by atoms with Crippen LogP contribution >= 0.6 is 0 Å². The second kappa shape index (κ2) is 7.30. The summed E-state index contributed by atoms with van der Waals surface area (Å²) in [5, 5.41) is 0. The van der Waals surface area contributed by atoms with E-state index in [1.807, 2.05) is 20.8 Å². The van der Waals surface area contributed by atoms with Crippen molar-refractivity contribution >= 4 is 11.4 Å². The molecule has 86 valence electrons. The van der Waals surface area contributed by atoms with E-state index >= 15 is 0 Å². The number of hydrogen-bond donors (Lipinski definition) is 0. The van der Waals surface area contributed by atoms with Crippen molar-refractivity contribution in [1.29, 1.82) is 0 Å². The van der Waals surface area contributed by atoms with Crippen molar-refractivity contribution in [2.75, 3.05) is 32.8 Å². The van der Waals surface area contributed by atoms with Crippen molar-refractivity contribution in [3.63, 3.8) is 0 Å². The van der Waals surface area contributed by atoms with E-state index in [9.17, 15) is 8.76 Å². The van der Waals surface area contributed by atoms with Gasteiger partial charge in [-0.15, -0.1) is 0 Å². The second-order valence-corrected chi connectivity index (χ2v) is 3.51. The molecule has 0 saturated heterocycles. The fourth-order valence-electron chi connectivity index (χ4n) is 1.28. The minimum atomic E-state index is -2.44. The lowest BCUT2D eigenvalue weighted by atomic mass is 10.5. The molecule has 0 rings (SSSR count). The Balaban J connectivity index is 3.77. The third kappa shape index (κ3) is 5.02. The zero-order valence-electron chi connectivity index (χ0n) is 9.02. The molecule has 14 heavy (non-hydrogen) atoms. The quantitative estimate of drug-likeness (QED) is 0.263. The molecule has 0 aromatic heterocycles. The highest BCUT2D eigenvalue weighted by Gasteiger charge is 2.22. The molecule has 5 nitrogen and oxygen atoms in total. The summed E-state index contributed by atoms with van der Waals surface area (Å²) in [5.74, 6) is 0. The molecular formula is C8H19NO4S. The highest BCUT2D eigenvalue weighted by atomic mass is 32.2. The molecule has 0 aliphatic heterocycles. The maximum absolute atomic E-state index is 10.0. The minimum absolute atomic E-state index is 0.0795. The molecule has 0 aliphatic rings. The van der Waals surface area contributed by atoms with E-state index in [4.69, 9.17) is 4.84 Å². The fraction of sp³-hybridized carbons (Fsp3) is 1.00. The topological polar surface area (TPSA) is 58.6 Å². The van der Waals surface area contributed by atoms with Crippen LogP contribution in [0.15, 0.2) is 0 Å². The van der Waals surface area contributed by atoms with Gasteiger partial charge in [0.1, 0.15) is 26.2 Å². The van der Waals surface area contributed by atoms with Crippen LogP contribution in [0.1, 0.15) is 20.8 Å². The Bertz CT molecular complexity index is 164. The predicted octanol–water partition coefficient (Wildman–Crippen LogP) is 0.605. The Labute approximate surface area is 88.0 Å². The second-order valence-electron chi connectivity index (χ2n) is 2.87. The van der Waals surface area contributed by atoms with Gasteiger partial charge in [0.15, 0.2) is 0 Å². The van der Waals surface area contributed by atoms with Crippen molar-refractivity contribution in [3.05, 3.63) is 0 Å². The molecule has 0 N–H and O–H groups in total. The van der Waals surface area contributed by atoms with E-state index in [0.717, 1.165) is 19.6 Å². The van der Waals surface area contributed by atoms with Crippen LogP contribution in [0.5, 0.6) is 0 Å². The summed E-state index contributed by atoms with van der Waals surface area (Å²) >= 11 is -2.44. The lowest BCUT2D eigenvalue weighted by Crippen LogP contribution is -2.47. The molecule has 0 aromatic rings. The van der Waals surface area contributed by atoms with Crippen LogP contribution in [-0.2, 0) is 20.4 Å². The van der Waals surface area contributed by atoms with Gasteiger partial charge in [0, 0.05) is 0 Å². The van der Waals surface area contributed by atoms with Crippen molar-refractivity contribution in [3.8, 4) is 0 Å². The summed E-state index contributed by atoms with van der Waals surface area (Å²) in [6.07, 6.45) is 0. The summed E-state index contributed by atoms with van der Waals surface area (Å²) in [6.45, 7) is 9.10. The summed E-state index contributed by atoms with van der Waals surface area (Å²) in [4.78, 5) is 5.57. The zero-order chi connectivity index (χ0) is 11.0. The van der Waals surface area contributed by atoms with Gasteiger partial charge in [0.25, 0.3) is 0 Å². The Morgan fingerprint density at radius 1 is 1.14 bits per heavy atom. The molecule has 0 saturated carbocycles. The van der Waals surface area contributed by atoms with E-state index < -0.39 is 11.4 Å². The third-order valence-corrected chi connectivity index (χ3v) is 2.72. The minimum Gasteiger partial charge on any atom is -0.750 e. The third-order valence-electron chi connectivity index (χ3n) is 2.36. The monoisotopic (exact) mass is 225 g/mol. The van der Waals surface area contributed by atoms with Gasteiger partial charge in [-0.25, -0.2) is 9.05 Å². The van der Waals surface area contributed by atoms with E-state index in [-0.39, 0.29) is 6.61 Å². The van der Waals surface area contributed by atoms with Gasteiger partial charge in [-0.05, 0) is 20.8 Å². The van der Waals surface area contributed by atoms with Gasteiger partial charge < -0.3 is 4.55 Å². The van der Waals surface area contributed by atoms with Crippen molar-refractivity contribution in [2.45, 2.75) is 20.8 Å². The standard InChI is InChI=1S/C8H19NO4S/c1-4-9(5-2,6-3)12-7-8-13-14(10)11/h4-8H2,1-3H3. The van der Waals surface area contributed by atoms with E-state index in [0.29, 0.717) is 11.3 Å². The predicted molar refractivity (Wildman–Crippen MR) is 52.7 cm³/mol. The highest BCUT2D eigenvalue weighted by Crippen LogP contribution is 2.06. The first-order valence-electron chi connectivity index (χ1n) is 4.83. The Morgan fingerprint density at radius 3 is 2.00 bits per heavy atom. The molecule has 0 bridgehead atoms. The summed E-state index contributed by atoms with van der Waals surface area (Å²) in [7, 11) is 0. The first-order valence-corrected chi connectivity index (χ1v) is 5.83. The highest BCUT2D eigenvalue weighted by molar-refractivity contribution is 7.74. The summed E-state index contributed by atoms with van der Waals surface area (Å²) in [5.41, 5.74) is 0. The normalized spacial score (nSPS) is 14.3. The first-order chi connectivity index (χ1) is 6.60. The van der Waals surface area contributed by atoms with Gasteiger partial charge in [-0.2, -0.15) is 4.65 Å². The van der Waals surface area contributed by atoms with Crippen molar-refractivity contribution < 1.29 is 22.4 Å². The smallest absolute Gasteiger partial charge is 0.131 e. The molecule has 0 radical (unpaired) electrons. The number of rotatable bonds is 8. The van der Waals surface area contributed by atoms with Gasteiger partial charge in [0.2, 0.25) is 0 Å². The van der Waals surface area contributed by atoms with Crippen LogP contribution in [0.2, 0.25) is 0 Å². The molecule has 0 fully saturated rings. The van der Waals surface area contributed by atoms with Crippen LogP contribution in [-0.4, -0.2) is 46.3 Å². The Morgan fingerprint density at radius 2 is 1.64 bits per heavy atom. The summed E-state index contributed by atoms with van der Waals surface area (Å²) in [6, 6.07) is 0. The van der Waals surface area contributed by atoms with Gasteiger partial charge >= 0.3 is 0 Å². The van der Waals surface area contributed by atoms with Crippen molar-refractivity contribution in [2.24, 2.45) is 0 Å². The molecule has 0 aliphatic carbocycles. The van der Waals surface area contributed by atoms with Crippen LogP contribution in [0.4, 0.5) is 0 Å². The zero-order valence-corrected chi connectivity index (χ0v) is 9.84. The number of quaternary nitrogens is 1. The van der Waals surface area contributed by atoms with Gasteiger partial charge in [-0.1, -0.05) is 0 Å². The molecule has 0 spiro atoms. The number of nitrogens with zero attached hydrogens (tertiary/aromatic N) is 1. The Kier molecular flexibility index (Phi) is 7.30. The maximum atomic E-state index is 10.0. The van der Waals surface area contributed by atoms with E-state index in [2.05, 4.69) is 4.18 Å². The Hall–Kier alpha value is -0.0100. The fourth-order valence-corrected chi connectivity index (χ4v) is 1.48. The molecule has 1 atom stereocenters. The average molecular weight is 225 g/mol. The lowest BCUT2D eigenvalue weighted by Gasteiger charge is -2.32. The molecule has 1 unspecified atom stereocenters. The van der Waals surface area contributed by atoms with Crippen LogP contribution in [0.25, 0.3) is 0 Å². The molecular weight excluding hydrogens is 206 g/mol. The molecule has 0 amide bonds. The molecule has 0 heterocycles. The molecule has 0 aromatic carbocycles.